The molecule has 0 bridgehead atoms. The maximum Gasteiger partial charge on any atom is 0.230 e. The highest BCUT2D eigenvalue weighted by Gasteiger charge is 2.35. The topological polar surface area (TPSA) is 75.6 Å². The Morgan fingerprint density at radius 3 is 2.53 bits per heavy atom. The second kappa shape index (κ2) is 9.49. The first-order valence-electron chi connectivity index (χ1n) is 10.0. The van der Waals surface area contributed by atoms with Crippen LogP contribution in [-0.4, -0.2) is 31.6 Å². The average Bonchev–Trinajstić information content (AvgIpc) is 3.24. The van der Waals surface area contributed by atoms with Crippen molar-refractivity contribution >= 4 is 35.0 Å². The summed E-state index contributed by atoms with van der Waals surface area (Å²) < 4.78 is 0. The number of aromatic nitrogens is 4. The monoisotopic (exact) mass is 436 g/mol. The molecule has 0 radical (unpaired) electrons. The molecule has 2 aromatic heterocycles. The van der Waals surface area contributed by atoms with E-state index in [9.17, 15) is 0 Å². The number of hydrogen-bond acceptors (Lipinski definition) is 6. The van der Waals surface area contributed by atoms with Gasteiger partial charge in [0.15, 0.2) is 10.3 Å². The maximum absolute atomic E-state index is 5.55. The van der Waals surface area contributed by atoms with Gasteiger partial charge in [0.25, 0.3) is 0 Å². The fourth-order valence-electron chi connectivity index (χ4n) is 3.89. The molecule has 0 atom stereocenters. The lowest BCUT2D eigenvalue weighted by molar-refractivity contribution is 0.435. The van der Waals surface area contributed by atoms with Crippen LogP contribution in [0.4, 0.5) is 5.95 Å². The molecule has 154 valence electrons. The van der Waals surface area contributed by atoms with Gasteiger partial charge in [-0.3, -0.25) is 0 Å². The van der Waals surface area contributed by atoms with Crippen molar-refractivity contribution in [3.63, 3.8) is 0 Å². The molecule has 30 heavy (non-hydrogen) atoms. The Labute approximate surface area is 186 Å². The third-order valence-corrected chi connectivity index (χ3v) is 6.39. The van der Waals surface area contributed by atoms with Crippen molar-refractivity contribution in [3.05, 3.63) is 66.1 Å². The van der Waals surface area contributed by atoms with Crippen molar-refractivity contribution in [1.82, 2.24) is 25.3 Å². The molecule has 0 amide bonds. The van der Waals surface area contributed by atoms with Gasteiger partial charge in [0, 0.05) is 30.0 Å². The molecule has 2 heterocycles. The Balaban J connectivity index is 1.41. The van der Waals surface area contributed by atoms with Crippen LogP contribution < -0.4 is 10.6 Å². The standard InChI is InChI=1S/C22H24N6S2/c1-16-14-18(30-21-23-12-7-13-24-21)27-19(26-16)28-20(29)25-15-22(10-5-6-11-22)17-8-3-2-4-9-17/h2-4,7-9,12-14H,5-6,10-11,15H2,1H3,(H2,25,26,27,28,29). The average molecular weight is 437 g/mol. The Morgan fingerprint density at radius 1 is 1.07 bits per heavy atom. The number of aryl methyl sites for hydroxylation is 1. The second-order valence-corrected chi connectivity index (χ2v) is 8.86. The summed E-state index contributed by atoms with van der Waals surface area (Å²) in [7, 11) is 0. The molecule has 1 aliphatic rings. The summed E-state index contributed by atoms with van der Waals surface area (Å²) in [5.74, 6) is 0.478. The highest BCUT2D eigenvalue weighted by Crippen LogP contribution is 2.40. The minimum Gasteiger partial charge on any atom is -0.361 e. The van der Waals surface area contributed by atoms with Gasteiger partial charge in [-0.05, 0) is 61.4 Å². The molecule has 6 nitrogen and oxygen atoms in total. The van der Waals surface area contributed by atoms with E-state index < -0.39 is 0 Å². The lowest BCUT2D eigenvalue weighted by Gasteiger charge is -2.30. The normalized spacial score (nSPS) is 15.0. The minimum atomic E-state index is 0.131. The highest BCUT2D eigenvalue weighted by atomic mass is 32.2. The van der Waals surface area contributed by atoms with Gasteiger partial charge >= 0.3 is 0 Å². The third kappa shape index (κ3) is 5.12. The van der Waals surface area contributed by atoms with Crippen LogP contribution in [-0.2, 0) is 5.41 Å². The maximum atomic E-state index is 5.55. The minimum absolute atomic E-state index is 0.131. The number of anilines is 1. The molecule has 1 saturated carbocycles. The summed E-state index contributed by atoms with van der Waals surface area (Å²) >= 11 is 6.95. The van der Waals surface area contributed by atoms with Crippen molar-refractivity contribution in [2.75, 3.05) is 11.9 Å². The number of nitrogens with one attached hydrogen (secondary N) is 2. The van der Waals surface area contributed by atoms with Crippen molar-refractivity contribution in [2.45, 2.75) is 48.2 Å². The largest absolute Gasteiger partial charge is 0.361 e. The second-order valence-electron chi connectivity index (χ2n) is 7.47. The first-order chi connectivity index (χ1) is 14.6. The Hall–Kier alpha value is -2.58. The molecule has 0 saturated heterocycles. The number of thiocarbonyl (C=S) groups is 1. The highest BCUT2D eigenvalue weighted by molar-refractivity contribution is 7.99. The van der Waals surface area contributed by atoms with E-state index >= 15 is 0 Å². The summed E-state index contributed by atoms with van der Waals surface area (Å²) in [6.45, 7) is 2.73. The predicted molar refractivity (Wildman–Crippen MR) is 124 cm³/mol. The summed E-state index contributed by atoms with van der Waals surface area (Å²) in [6.07, 6.45) is 8.27. The number of hydrogen-bond donors (Lipinski definition) is 2. The van der Waals surface area contributed by atoms with E-state index in [1.54, 1.807) is 18.5 Å². The van der Waals surface area contributed by atoms with Crippen LogP contribution in [0.15, 0.2) is 65.0 Å². The van der Waals surface area contributed by atoms with Gasteiger partial charge in [-0.15, -0.1) is 0 Å². The van der Waals surface area contributed by atoms with Crippen LogP contribution in [0.5, 0.6) is 0 Å². The van der Waals surface area contributed by atoms with Gasteiger partial charge in [-0.25, -0.2) is 19.9 Å². The van der Waals surface area contributed by atoms with Crippen LogP contribution in [0.1, 0.15) is 36.9 Å². The molecule has 8 heteroatoms. The molecule has 1 aliphatic carbocycles. The zero-order valence-corrected chi connectivity index (χ0v) is 18.5. The van der Waals surface area contributed by atoms with Gasteiger partial charge in [0.05, 0.1) is 0 Å². The van der Waals surface area contributed by atoms with Crippen LogP contribution in [0.3, 0.4) is 0 Å². The zero-order chi connectivity index (χ0) is 20.8. The van der Waals surface area contributed by atoms with Crippen LogP contribution in [0, 0.1) is 6.92 Å². The summed E-state index contributed by atoms with van der Waals surface area (Å²) in [5, 5.41) is 8.51. The van der Waals surface area contributed by atoms with Crippen LogP contribution >= 0.6 is 24.0 Å². The molecular formula is C22H24N6S2. The van der Waals surface area contributed by atoms with Gasteiger partial charge in [-0.1, -0.05) is 43.2 Å². The van der Waals surface area contributed by atoms with E-state index in [1.165, 1.54) is 43.0 Å². The molecule has 1 aromatic carbocycles. The summed E-state index contributed by atoms with van der Waals surface area (Å²) in [4.78, 5) is 17.5. The van der Waals surface area contributed by atoms with Crippen molar-refractivity contribution in [2.24, 2.45) is 0 Å². The van der Waals surface area contributed by atoms with E-state index in [2.05, 4.69) is 60.9 Å². The van der Waals surface area contributed by atoms with E-state index in [4.69, 9.17) is 12.2 Å². The lowest BCUT2D eigenvalue weighted by Crippen LogP contribution is -2.41. The van der Waals surface area contributed by atoms with E-state index in [0.717, 1.165) is 17.3 Å². The first-order valence-corrected chi connectivity index (χ1v) is 11.3. The van der Waals surface area contributed by atoms with E-state index in [0.29, 0.717) is 16.2 Å². The Morgan fingerprint density at radius 2 is 1.80 bits per heavy atom. The molecule has 3 aromatic rings. The van der Waals surface area contributed by atoms with Crippen LogP contribution in [0.2, 0.25) is 0 Å². The number of rotatable bonds is 6. The number of nitrogens with zero attached hydrogens (tertiary/aromatic N) is 4. The molecule has 0 spiro atoms. The lowest BCUT2D eigenvalue weighted by atomic mass is 9.79. The van der Waals surface area contributed by atoms with Crippen LogP contribution in [0.25, 0.3) is 0 Å². The van der Waals surface area contributed by atoms with Crippen molar-refractivity contribution < 1.29 is 0 Å². The quantitative estimate of drug-likeness (QED) is 0.332. The van der Waals surface area contributed by atoms with E-state index in [-0.39, 0.29) is 5.41 Å². The molecule has 0 unspecified atom stereocenters. The summed E-state index contributed by atoms with van der Waals surface area (Å²) in [6, 6.07) is 14.4. The fourth-order valence-corrected chi connectivity index (χ4v) is 4.82. The Kier molecular flexibility index (Phi) is 6.54. The van der Waals surface area contributed by atoms with Gasteiger partial charge in [0.1, 0.15) is 5.03 Å². The Bertz CT molecular complexity index is 991. The third-order valence-electron chi connectivity index (χ3n) is 5.33. The smallest absolute Gasteiger partial charge is 0.230 e. The number of benzene rings is 1. The molecule has 2 N–H and O–H groups in total. The van der Waals surface area contributed by atoms with Crippen molar-refractivity contribution in [1.29, 1.82) is 0 Å². The first kappa shape index (κ1) is 20.7. The van der Waals surface area contributed by atoms with Gasteiger partial charge in [0.2, 0.25) is 5.95 Å². The predicted octanol–water partition coefficient (Wildman–Crippen LogP) is 4.52. The van der Waals surface area contributed by atoms with Crippen molar-refractivity contribution in [3.8, 4) is 0 Å². The summed E-state index contributed by atoms with van der Waals surface area (Å²) in [5.41, 5.74) is 2.36. The fraction of sp³-hybridized carbons (Fsp3) is 0.318. The molecule has 4 rings (SSSR count). The van der Waals surface area contributed by atoms with Gasteiger partial charge < -0.3 is 10.6 Å². The van der Waals surface area contributed by atoms with Gasteiger partial charge in [-0.2, -0.15) is 0 Å². The SMILES string of the molecule is Cc1cc(Sc2ncccn2)nc(NC(=S)NCC2(c3ccccc3)CCCC2)n1. The zero-order valence-electron chi connectivity index (χ0n) is 16.8. The molecule has 0 aliphatic heterocycles. The molecule has 1 fully saturated rings. The molecular weight excluding hydrogens is 412 g/mol. The van der Waals surface area contributed by atoms with E-state index in [1.807, 2.05) is 13.0 Å².